The highest BCUT2D eigenvalue weighted by atomic mass is 19.1. The summed E-state index contributed by atoms with van der Waals surface area (Å²) in [5, 5.41) is 10.1. The summed E-state index contributed by atoms with van der Waals surface area (Å²) in [5.74, 6) is -0.181. The summed E-state index contributed by atoms with van der Waals surface area (Å²) in [6, 6.07) is 3.44. The molecule has 0 heterocycles. The average molecular weight is 210 g/mol. The van der Waals surface area contributed by atoms with Crippen LogP contribution in [-0.4, -0.2) is 5.11 Å². The van der Waals surface area contributed by atoms with Crippen molar-refractivity contribution < 1.29 is 9.50 Å². The Morgan fingerprint density at radius 2 is 1.53 bits per heavy atom. The molecule has 0 saturated carbocycles. The van der Waals surface area contributed by atoms with Crippen LogP contribution in [0.4, 0.5) is 4.39 Å². The van der Waals surface area contributed by atoms with E-state index < -0.39 is 6.10 Å². The van der Waals surface area contributed by atoms with E-state index in [2.05, 4.69) is 0 Å². The third-order valence-corrected chi connectivity index (χ3v) is 2.59. The minimum atomic E-state index is -0.560. The van der Waals surface area contributed by atoms with E-state index in [4.69, 9.17) is 0 Å². The van der Waals surface area contributed by atoms with Crippen molar-refractivity contribution in [3.63, 3.8) is 0 Å². The zero-order chi connectivity index (χ0) is 11.8. The smallest absolute Gasteiger partial charge is 0.129 e. The Bertz CT molecular complexity index is 340. The molecule has 1 atom stereocenters. The summed E-state index contributed by atoms with van der Waals surface area (Å²) in [5.41, 5.74) is 1.75. The molecule has 2 heteroatoms. The Morgan fingerprint density at radius 3 is 1.87 bits per heavy atom. The van der Waals surface area contributed by atoms with E-state index in [0.29, 0.717) is 11.1 Å². The second-order valence-corrected chi connectivity index (χ2v) is 5.24. The lowest BCUT2D eigenvalue weighted by Crippen LogP contribution is -2.18. The first kappa shape index (κ1) is 12.2. The molecule has 0 bridgehead atoms. The summed E-state index contributed by atoms with van der Waals surface area (Å²) >= 11 is 0. The zero-order valence-corrected chi connectivity index (χ0v) is 10.1. The van der Waals surface area contributed by atoms with Crippen LogP contribution in [0.2, 0.25) is 0 Å². The van der Waals surface area contributed by atoms with E-state index in [1.54, 1.807) is 26.0 Å². The maximum absolute atomic E-state index is 13.4. The first-order valence-corrected chi connectivity index (χ1v) is 5.18. The Kier molecular flexibility index (Phi) is 3.19. The third-order valence-electron chi connectivity index (χ3n) is 2.59. The lowest BCUT2D eigenvalue weighted by atomic mass is 9.84. The Labute approximate surface area is 90.9 Å². The van der Waals surface area contributed by atoms with Gasteiger partial charge in [-0.05, 0) is 36.0 Å². The molecule has 15 heavy (non-hydrogen) atoms. The topological polar surface area (TPSA) is 20.2 Å². The summed E-state index contributed by atoms with van der Waals surface area (Å²) in [6.07, 6.45) is -0.560. The van der Waals surface area contributed by atoms with Gasteiger partial charge in [-0.1, -0.05) is 32.9 Å². The minimum Gasteiger partial charge on any atom is -0.388 e. The normalized spacial score (nSPS) is 14.1. The molecule has 1 aromatic carbocycles. The van der Waals surface area contributed by atoms with Crippen LogP contribution in [-0.2, 0) is 0 Å². The van der Waals surface area contributed by atoms with Crippen LogP contribution in [0.1, 0.15) is 43.6 Å². The van der Waals surface area contributed by atoms with Crippen molar-refractivity contribution in [1.29, 1.82) is 0 Å². The van der Waals surface area contributed by atoms with E-state index in [1.165, 1.54) is 0 Å². The average Bonchev–Trinajstić information content (AvgIpc) is 2.10. The summed E-state index contributed by atoms with van der Waals surface area (Å²) < 4.78 is 13.4. The second-order valence-electron chi connectivity index (χ2n) is 5.24. The SMILES string of the molecule is Cc1cc(C(O)C(C)(C)C)cc(C)c1F. The molecule has 84 valence electrons. The lowest BCUT2D eigenvalue weighted by molar-refractivity contribution is 0.0625. The van der Waals surface area contributed by atoms with Crippen LogP contribution in [0.25, 0.3) is 0 Å². The lowest BCUT2D eigenvalue weighted by Gasteiger charge is -2.26. The van der Waals surface area contributed by atoms with E-state index in [-0.39, 0.29) is 11.2 Å². The molecule has 0 saturated heterocycles. The molecule has 0 aliphatic heterocycles. The quantitative estimate of drug-likeness (QED) is 0.752. The van der Waals surface area contributed by atoms with Crippen LogP contribution < -0.4 is 0 Å². The van der Waals surface area contributed by atoms with Gasteiger partial charge in [-0.15, -0.1) is 0 Å². The molecule has 1 unspecified atom stereocenters. The number of rotatable bonds is 1. The van der Waals surface area contributed by atoms with Crippen molar-refractivity contribution >= 4 is 0 Å². The number of aryl methyl sites for hydroxylation is 2. The maximum atomic E-state index is 13.4. The fourth-order valence-electron chi connectivity index (χ4n) is 1.64. The minimum absolute atomic E-state index is 0.181. The van der Waals surface area contributed by atoms with Gasteiger partial charge in [-0.2, -0.15) is 0 Å². The molecule has 1 rings (SSSR count). The molecular formula is C13H19FO. The molecule has 0 aliphatic carbocycles. The largest absolute Gasteiger partial charge is 0.388 e. The third kappa shape index (κ3) is 2.57. The van der Waals surface area contributed by atoms with Gasteiger partial charge in [0.15, 0.2) is 0 Å². The number of hydrogen-bond donors (Lipinski definition) is 1. The molecule has 0 amide bonds. The number of halogens is 1. The highest BCUT2D eigenvalue weighted by Gasteiger charge is 2.24. The fraction of sp³-hybridized carbons (Fsp3) is 0.538. The summed E-state index contributed by atoms with van der Waals surface area (Å²) in [6.45, 7) is 9.34. The molecule has 0 fully saturated rings. The summed E-state index contributed by atoms with van der Waals surface area (Å²) in [7, 11) is 0. The molecule has 0 aliphatic rings. The van der Waals surface area contributed by atoms with Crippen molar-refractivity contribution in [2.75, 3.05) is 0 Å². The maximum Gasteiger partial charge on any atom is 0.129 e. The number of aliphatic hydroxyl groups is 1. The van der Waals surface area contributed by atoms with Crippen LogP contribution in [0.3, 0.4) is 0 Å². The van der Waals surface area contributed by atoms with Gasteiger partial charge in [-0.25, -0.2) is 4.39 Å². The molecule has 0 radical (unpaired) electrons. The predicted molar refractivity (Wildman–Crippen MR) is 60.3 cm³/mol. The van der Waals surface area contributed by atoms with E-state index in [0.717, 1.165) is 5.56 Å². The molecule has 1 N–H and O–H groups in total. The van der Waals surface area contributed by atoms with Crippen molar-refractivity contribution in [3.05, 3.63) is 34.6 Å². The van der Waals surface area contributed by atoms with Gasteiger partial charge in [0.25, 0.3) is 0 Å². The van der Waals surface area contributed by atoms with Gasteiger partial charge in [0.05, 0.1) is 6.10 Å². The predicted octanol–water partition coefficient (Wildman–Crippen LogP) is 3.52. The van der Waals surface area contributed by atoms with Crippen molar-refractivity contribution in [1.82, 2.24) is 0 Å². The van der Waals surface area contributed by atoms with Gasteiger partial charge >= 0.3 is 0 Å². The van der Waals surface area contributed by atoms with Gasteiger partial charge in [0, 0.05) is 0 Å². The van der Waals surface area contributed by atoms with Gasteiger partial charge in [0.2, 0.25) is 0 Å². The number of benzene rings is 1. The van der Waals surface area contributed by atoms with Crippen LogP contribution in [0.5, 0.6) is 0 Å². The summed E-state index contributed by atoms with van der Waals surface area (Å²) in [4.78, 5) is 0. The standard InChI is InChI=1S/C13H19FO/c1-8-6-10(7-9(2)11(8)14)12(15)13(3,4)5/h6-7,12,15H,1-5H3. The molecule has 1 nitrogen and oxygen atoms in total. The Balaban J connectivity index is 3.17. The van der Waals surface area contributed by atoms with Crippen LogP contribution in [0, 0.1) is 25.1 Å². The van der Waals surface area contributed by atoms with E-state index in [9.17, 15) is 9.50 Å². The van der Waals surface area contributed by atoms with Gasteiger partial charge < -0.3 is 5.11 Å². The molecule has 0 aromatic heterocycles. The van der Waals surface area contributed by atoms with Gasteiger partial charge in [-0.3, -0.25) is 0 Å². The number of hydrogen-bond acceptors (Lipinski definition) is 1. The molecule has 1 aromatic rings. The fourth-order valence-corrected chi connectivity index (χ4v) is 1.64. The van der Waals surface area contributed by atoms with E-state index >= 15 is 0 Å². The van der Waals surface area contributed by atoms with Crippen molar-refractivity contribution in [2.24, 2.45) is 5.41 Å². The number of aliphatic hydroxyl groups excluding tert-OH is 1. The molecule has 0 spiro atoms. The Hall–Kier alpha value is -0.890. The first-order valence-electron chi connectivity index (χ1n) is 5.18. The van der Waals surface area contributed by atoms with Crippen LogP contribution in [0.15, 0.2) is 12.1 Å². The van der Waals surface area contributed by atoms with Crippen molar-refractivity contribution in [2.45, 2.75) is 40.7 Å². The second kappa shape index (κ2) is 3.93. The van der Waals surface area contributed by atoms with Gasteiger partial charge in [0.1, 0.15) is 5.82 Å². The molecular weight excluding hydrogens is 191 g/mol. The van der Waals surface area contributed by atoms with Crippen LogP contribution >= 0.6 is 0 Å². The zero-order valence-electron chi connectivity index (χ0n) is 10.1. The first-order chi connectivity index (χ1) is 6.73. The van der Waals surface area contributed by atoms with Crippen molar-refractivity contribution in [3.8, 4) is 0 Å². The monoisotopic (exact) mass is 210 g/mol. The highest BCUT2D eigenvalue weighted by Crippen LogP contribution is 2.33. The van der Waals surface area contributed by atoms with E-state index in [1.807, 2.05) is 20.8 Å². The Morgan fingerprint density at radius 1 is 1.13 bits per heavy atom. The highest BCUT2D eigenvalue weighted by molar-refractivity contribution is 5.32.